The Balaban J connectivity index is 2.35. The maximum atomic E-state index is 9.89. The van der Waals surface area contributed by atoms with Gasteiger partial charge < -0.3 is 10.2 Å². The first-order chi connectivity index (χ1) is 7.67. The first kappa shape index (κ1) is 9.58. The van der Waals surface area contributed by atoms with Crippen molar-refractivity contribution in [3.8, 4) is 0 Å². The number of hydrogen-bond donors (Lipinski definition) is 2. The second kappa shape index (κ2) is 3.17. The van der Waals surface area contributed by atoms with Gasteiger partial charge in [-0.05, 0) is 28.5 Å². The largest absolute Gasteiger partial charge is 0.362 e. The van der Waals surface area contributed by atoms with Gasteiger partial charge >= 0.3 is 0 Å². The van der Waals surface area contributed by atoms with Crippen LogP contribution in [0.2, 0.25) is 0 Å². The van der Waals surface area contributed by atoms with Crippen molar-refractivity contribution in [2.75, 3.05) is 0 Å². The summed E-state index contributed by atoms with van der Waals surface area (Å²) in [6, 6.07) is 11.8. The lowest BCUT2D eigenvalue weighted by Crippen LogP contribution is -2.26. The first-order valence-electron chi connectivity index (χ1n) is 5.31. The molecule has 2 nitrogen and oxygen atoms in total. The summed E-state index contributed by atoms with van der Waals surface area (Å²) in [6.45, 7) is 0. The summed E-state index contributed by atoms with van der Waals surface area (Å²) in [5.41, 5.74) is 1.48. The van der Waals surface area contributed by atoms with Crippen molar-refractivity contribution in [1.82, 2.24) is 0 Å². The van der Waals surface area contributed by atoms with Crippen molar-refractivity contribution >= 4 is 16.8 Å². The molecule has 0 saturated carbocycles. The Morgan fingerprint density at radius 1 is 1.00 bits per heavy atom. The van der Waals surface area contributed by atoms with Gasteiger partial charge in [-0.25, -0.2) is 0 Å². The number of aliphatic hydroxyl groups is 2. The van der Waals surface area contributed by atoms with E-state index in [1.165, 1.54) is 0 Å². The zero-order valence-corrected chi connectivity index (χ0v) is 8.72. The summed E-state index contributed by atoms with van der Waals surface area (Å²) in [4.78, 5) is 0. The van der Waals surface area contributed by atoms with Gasteiger partial charge in [0.2, 0.25) is 0 Å². The fourth-order valence-corrected chi connectivity index (χ4v) is 2.20. The lowest BCUT2D eigenvalue weighted by molar-refractivity contribution is -0.166. The van der Waals surface area contributed by atoms with Gasteiger partial charge in [0.15, 0.2) is 5.79 Å². The van der Waals surface area contributed by atoms with Gasteiger partial charge in [-0.3, -0.25) is 0 Å². The van der Waals surface area contributed by atoms with Crippen LogP contribution in [0.1, 0.15) is 17.5 Å². The molecule has 0 aliphatic heterocycles. The van der Waals surface area contributed by atoms with Gasteiger partial charge in [0.25, 0.3) is 0 Å². The minimum Gasteiger partial charge on any atom is -0.362 e. The van der Waals surface area contributed by atoms with Crippen LogP contribution in [0.3, 0.4) is 0 Å². The molecule has 0 unspecified atom stereocenters. The topological polar surface area (TPSA) is 40.5 Å². The van der Waals surface area contributed by atoms with Crippen LogP contribution in [0, 0.1) is 0 Å². The highest BCUT2D eigenvalue weighted by Gasteiger charge is 2.29. The summed E-state index contributed by atoms with van der Waals surface area (Å²) in [7, 11) is 0. The molecule has 80 valence electrons. The summed E-state index contributed by atoms with van der Waals surface area (Å²) >= 11 is 0. The Kier molecular flexibility index (Phi) is 1.90. The summed E-state index contributed by atoms with van der Waals surface area (Å²) in [5.74, 6) is -1.73. The number of fused-ring (bicyclic) bond motifs is 2. The molecule has 0 atom stereocenters. The van der Waals surface area contributed by atoms with Crippen LogP contribution >= 0.6 is 0 Å². The average molecular weight is 212 g/mol. The van der Waals surface area contributed by atoms with Gasteiger partial charge in [0.1, 0.15) is 0 Å². The van der Waals surface area contributed by atoms with Crippen LogP contribution in [0.5, 0.6) is 0 Å². The highest BCUT2D eigenvalue weighted by atomic mass is 16.5. The van der Waals surface area contributed by atoms with E-state index in [-0.39, 0.29) is 6.42 Å². The number of benzene rings is 2. The Hall–Kier alpha value is -1.64. The van der Waals surface area contributed by atoms with Gasteiger partial charge in [-0.2, -0.15) is 0 Å². The van der Waals surface area contributed by atoms with E-state index in [4.69, 9.17) is 0 Å². The highest BCUT2D eigenvalue weighted by molar-refractivity contribution is 5.86. The van der Waals surface area contributed by atoms with E-state index in [0.29, 0.717) is 5.56 Å². The quantitative estimate of drug-likeness (QED) is 0.658. The molecule has 2 N–H and O–H groups in total. The van der Waals surface area contributed by atoms with Crippen molar-refractivity contribution in [3.05, 3.63) is 53.6 Å². The summed E-state index contributed by atoms with van der Waals surface area (Å²) in [6.07, 6.45) is 3.97. The molecule has 0 aromatic heterocycles. The second-order valence-electron chi connectivity index (χ2n) is 4.21. The van der Waals surface area contributed by atoms with E-state index in [2.05, 4.69) is 0 Å². The molecule has 0 heterocycles. The van der Waals surface area contributed by atoms with Crippen LogP contribution in [-0.2, 0) is 5.79 Å². The van der Waals surface area contributed by atoms with Crippen LogP contribution in [0.25, 0.3) is 16.8 Å². The van der Waals surface area contributed by atoms with Crippen molar-refractivity contribution in [3.63, 3.8) is 0 Å². The van der Waals surface area contributed by atoms with Gasteiger partial charge in [0, 0.05) is 12.0 Å². The maximum Gasteiger partial charge on any atom is 0.193 e. The number of rotatable bonds is 0. The molecule has 1 aliphatic carbocycles. The van der Waals surface area contributed by atoms with Crippen LogP contribution in [-0.4, -0.2) is 10.2 Å². The predicted molar refractivity (Wildman–Crippen MR) is 63.7 cm³/mol. The lowest BCUT2D eigenvalue weighted by atomic mass is 9.89. The smallest absolute Gasteiger partial charge is 0.193 e. The molecule has 0 spiro atoms. The Bertz CT molecular complexity index is 582. The fourth-order valence-electron chi connectivity index (χ4n) is 2.20. The summed E-state index contributed by atoms with van der Waals surface area (Å²) in [5, 5.41) is 21.9. The van der Waals surface area contributed by atoms with Crippen LogP contribution in [0.15, 0.2) is 42.5 Å². The molecule has 16 heavy (non-hydrogen) atoms. The third kappa shape index (κ3) is 1.35. The average Bonchev–Trinajstić information content (AvgIpc) is 2.27. The van der Waals surface area contributed by atoms with Crippen molar-refractivity contribution in [1.29, 1.82) is 0 Å². The van der Waals surface area contributed by atoms with E-state index >= 15 is 0 Å². The minimum atomic E-state index is -1.73. The Labute approximate surface area is 93.5 Å². The zero-order valence-electron chi connectivity index (χ0n) is 8.72. The van der Waals surface area contributed by atoms with E-state index in [9.17, 15) is 10.2 Å². The second-order valence-corrected chi connectivity index (χ2v) is 4.21. The zero-order chi connectivity index (χ0) is 11.2. The van der Waals surface area contributed by atoms with E-state index < -0.39 is 5.79 Å². The van der Waals surface area contributed by atoms with Crippen LogP contribution in [0.4, 0.5) is 0 Å². The third-order valence-electron chi connectivity index (χ3n) is 3.05. The van der Waals surface area contributed by atoms with Gasteiger partial charge in [-0.15, -0.1) is 0 Å². The monoisotopic (exact) mass is 212 g/mol. The molecular formula is C14H12O2. The molecule has 2 heteroatoms. The van der Waals surface area contributed by atoms with Crippen molar-refractivity contribution < 1.29 is 10.2 Å². The molecule has 0 fully saturated rings. The van der Waals surface area contributed by atoms with E-state index in [1.54, 1.807) is 6.08 Å². The predicted octanol–water partition coefficient (Wildman–Crippen LogP) is 2.39. The highest BCUT2D eigenvalue weighted by Crippen LogP contribution is 2.34. The van der Waals surface area contributed by atoms with Gasteiger partial charge in [-0.1, -0.05) is 36.4 Å². The fraction of sp³-hybridized carbons (Fsp3) is 0.143. The molecule has 0 radical (unpaired) electrons. The van der Waals surface area contributed by atoms with Crippen molar-refractivity contribution in [2.24, 2.45) is 0 Å². The third-order valence-corrected chi connectivity index (χ3v) is 3.05. The number of hydrogen-bond acceptors (Lipinski definition) is 2. The molecule has 2 aromatic rings. The lowest BCUT2D eigenvalue weighted by Gasteiger charge is -2.26. The molecule has 0 bridgehead atoms. The molecule has 0 amide bonds. The molecular weight excluding hydrogens is 200 g/mol. The Morgan fingerprint density at radius 2 is 1.69 bits per heavy atom. The van der Waals surface area contributed by atoms with Gasteiger partial charge in [0.05, 0.1) is 0 Å². The normalized spacial score (nSPS) is 17.4. The van der Waals surface area contributed by atoms with E-state index in [0.717, 1.165) is 16.3 Å². The molecule has 3 rings (SSSR count). The minimum absolute atomic E-state index is 0.248. The summed E-state index contributed by atoms with van der Waals surface area (Å²) < 4.78 is 0. The molecule has 2 aromatic carbocycles. The van der Waals surface area contributed by atoms with Crippen LogP contribution < -0.4 is 0 Å². The molecule has 0 saturated heterocycles. The Morgan fingerprint density at radius 3 is 2.44 bits per heavy atom. The van der Waals surface area contributed by atoms with E-state index in [1.807, 2.05) is 42.5 Å². The van der Waals surface area contributed by atoms with Crippen molar-refractivity contribution in [2.45, 2.75) is 12.2 Å². The standard InChI is InChI=1S/C14H12O2/c15-14(16)7-3-6-12-8-10-4-1-2-5-11(10)9-13(12)14/h1-6,8-9,15-16H,7H2. The molecule has 1 aliphatic rings. The SMILES string of the molecule is OC1(O)CC=Cc2cc3ccccc3cc21. The maximum absolute atomic E-state index is 9.89. The first-order valence-corrected chi connectivity index (χ1v) is 5.31.